The number of aliphatic hydroxyl groups excluding tert-OH is 1. The van der Waals surface area contributed by atoms with Crippen molar-refractivity contribution in [3.63, 3.8) is 0 Å². The topological polar surface area (TPSA) is 190 Å². The zero-order valence-electron chi connectivity index (χ0n) is 18.0. The van der Waals surface area contributed by atoms with Gasteiger partial charge in [0.05, 0.1) is 20.6 Å². The van der Waals surface area contributed by atoms with Crippen molar-refractivity contribution in [2.75, 3.05) is 0 Å². The first-order valence-corrected chi connectivity index (χ1v) is 9.99. The number of aromatic hydroxyl groups is 2. The predicted octanol–water partition coefficient (Wildman–Crippen LogP) is 3.96. The molecule has 12 nitrogen and oxygen atoms in total. The molecule has 0 saturated carbocycles. The molecule has 3 N–H and O–H groups in total. The van der Waals surface area contributed by atoms with Crippen LogP contribution >= 0.6 is 0 Å². The van der Waals surface area contributed by atoms with Crippen LogP contribution in [0.25, 0.3) is 21.8 Å². The third kappa shape index (κ3) is 7.55. The van der Waals surface area contributed by atoms with E-state index >= 15 is 0 Å². The second-order valence-electron chi connectivity index (χ2n) is 6.61. The number of phenolic OH excluding ortho intramolecular Hbond substituents is 2. The van der Waals surface area contributed by atoms with E-state index in [1.54, 1.807) is 38.1 Å². The minimum absolute atomic E-state index is 0.0498. The summed E-state index contributed by atoms with van der Waals surface area (Å²) < 4.78 is 8.19. The van der Waals surface area contributed by atoms with E-state index in [1.807, 2.05) is 0 Å². The Morgan fingerprint density at radius 1 is 0.765 bits per heavy atom. The number of hydrogen-bond donors (Lipinski definition) is 3. The van der Waals surface area contributed by atoms with Gasteiger partial charge < -0.3 is 15.3 Å². The Kier molecular flexibility index (Phi) is 11.2. The maximum absolute atomic E-state index is 10.6. The molecule has 0 unspecified atom stereocenters. The first-order valence-electron chi connectivity index (χ1n) is 9.42. The van der Waals surface area contributed by atoms with Crippen LogP contribution in [0.1, 0.15) is 13.8 Å². The molecule has 0 aliphatic carbocycles. The van der Waals surface area contributed by atoms with E-state index in [0.29, 0.717) is 10.8 Å². The van der Waals surface area contributed by atoms with Crippen LogP contribution in [0.4, 0.5) is 11.4 Å². The summed E-state index contributed by atoms with van der Waals surface area (Å²) in [6.45, 7) is 3.44. The second kappa shape index (κ2) is 13.5. The first kappa shape index (κ1) is 28.0. The second-order valence-corrected chi connectivity index (χ2v) is 6.61. The van der Waals surface area contributed by atoms with Crippen molar-refractivity contribution in [3.8, 4) is 11.5 Å². The monoisotopic (exact) mass is 507 g/mol. The molecule has 4 rings (SSSR count). The molecule has 0 radical (unpaired) electrons. The zero-order valence-corrected chi connectivity index (χ0v) is 19.4. The van der Waals surface area contributed by atoms with Crippen molar-refractivity contribution >= 4 is 33.2 Å². The van der Waals surface area contributed by atoms with E-state index in [2.05, 4.69) is 9.97 Å². The van der Waals surface area contributed by atoms with Gasteiger partial charge in [-0.1, -0.05) is 0 Å². The van der Waals surface area contributed by atoms with E-state index in [-0.39, 0.29) is 40.0 Å². The quantitative estimate of drug-likeness (QED) is 0.264. The van der Waals surface area contributed by atoms with Gasteiger partial charge in [-0.05, 0) is 50.2 Å². The molecule has 177 valence electrons. The molecule has 0 spiro atoms. The summed E-state index contributed by atoms with van der Waals surface area (Å²) in [5.74, 6) is -0.0996. The number of benzene rings is 2. The van der Waals surface area contributed by atoms with E-state index < -0.39 is 9.85 Å². The number of nitrogens with zero attached hydrogens (tertiary/aromatic N) is 4. The van der Waals surface area contributed by atoms with Crippen molar-refractivity contribution < 1.29 is 46.2 Å². The van der Waals surface area contributed by atoms with E-state index in [1.165, 1.54) is 36.7 Å². The molecule has 0 fully saturated rings. The van der Waals surface area contributed by atoms with Crippen LogP contribution in [0.2, 0.25) is 0 Å². The number of fused-ring (bicyclic) bond motifs is 2. The summed E-state index contributed by atoms with van der Waals surface area (Å²) in [6.07, 6.45) is 2.79. The molecule has 13 heteroatoms. The van der Waals surface area contributed by atoms with Gasteiger partial charge in [0, 0.05) is 30.6 Å². The Labute approximate surface area is 202 Å². The third-order valence-electron chi connectivity index (χ3n) is 3.84. The van der Waals surface area contributed by atoms with Gasteiger partial charge in [0.1, 0.15) is 22.5 Å². The fourth-order valence-electron chi connectivity index (χ4n) is 2.60. The normalized spacial score (nSPS) is 9.62. The average Bonchev–Trinajstić information content (AvgIpc) is 2.81. The standard InChI is InChI=1S/2C9H6N2O3.C3H8O.O.V/c2*12-8-4-3-7(11(13)14)6-2-1-5-10-9(6)8;1-3(2)4;;/h2*1-5,12H;3-4H,1-2H3;;. The minimum atomic E-state index is -0.497. The van der Waals surface area contributed by atoms with E-state index in [9.17, 15) is 30.4 Å². The summed E-state index contributed by atoms with van der Waals surface area (Å²) in [5, 5.41) is 48.8. The van der Waals surface area contributed by atoms with Gasteiger partial charge in [-0.3, -0.25) is 30.2 Å². The molecule has 2 heterocycles. The molecule has 34 heavy (non-hydrogen) atoms. The third-order valence-corrected chi connectivity index (χ3v) is 3.84. The first-order chi connectivity index (χ1) is 16.1. The van der Waals surface area contributed by atoms with Gasteiger partial charge in [-0.25, -0.2) is 0 Å². The fourth-order valence-corrected chi connectivity index (χ4v) is 2.60. The summed E-state index contributed by atoms with van der Waals surface area (Å²) in [4.78, 5) is 28.0. The molecule has 0 amide bonds. The number of hydrogen-bond acceptors (Lipinski definition) is 10. The van der Waals surface area contributed by atoms with Gasteiger partial charge in [-0.15, -0.1) is 0 Å². The molecular formula is C21H20N4O8V. The number of non-ortho nitro benzene ring substituents is 2. The number of nitro benzene ring substituents is 2. The number of phenols is 2. The van der Waals surface area contributed by atoms with Crippen LogP contribution in [0, 0.1) is 20.2 Å². The molecule has 0 aliphatic heterocycles. The SMILES string of the molecule is CC(C)O.O=[N+]([O-])c1ccc(O)c2ncccc12.O=[N+]([O-])c1ccc(O)c2ncccc12.[O]=[V]. The molecule has 0 aliphatic rings. The van der Waals surface area contributed by atoms with Crippen LogP contribution in [0.5, 0.6) is 11.5 Å². The molecule has 2 aromatic heterocycles. The van der Waals surface area contributed by atoms with Crippen LogP contribution < -0.4 is 0 Å². The molecule has 0 saturated heterocycles. The maximum atomic E-state index is 10.6. The molecule has 4 aromatic rings. The number of nitro groups is 2. The molecule has 2 aromatic carbocycles. The van der Waals surface area contributed by atoms with Crippen molar-refractivity contribution in [2.24, 2.45) is 0 Å². The van der Waals surface area contributed by atoms with Gasteiger partial charge in [0.2, 0.25) is 0 Å². The summed E-state index contributed by atoms with van der Waals surface area (Å²) in [5.41, 5.74) is 0.403. The van der Waals surface area contributed by atoms with E-state index in [4.69, 9.17) is 8.78 Å². The van der Waals surface area contributed by atoms with Crippen molar-refractivity contribution in [3.05, 3.63) is 81.2 Å². The molecule has 0 bridgehead atoms. The van der Waals surface area contributed by atoms with Crippen LogP contribution in [0.15, 0.2) is 60.9 Å². The fraction of sp³-hybridized carbons (Fsp3) is 0.143. The number of pyridine rings is 2. The van der Waals surface area contributed by atoms with Gasteiger partial charge >= 0.3 is 21.0 Å². The zero-order chi connectivity index (χ0) is 25.8. The van der Waals surface area contributed by atoms with Gasteiger partial charge in [0.15, 0.2) is 0 Å². The predicted molar refractivity (Wildman–Crippen MR) is 118 cm³/mol. The number of aliphatic hydroxyl groups is 1. The van der Waals surface area contributed by atoms with Crippen molar-refractivity contribution in [2.45, 2.75) is 20.0 Å². The van der Waals surface area contributed by atoms with Crippen molar-refractivity contribution in [1.29, 1.82) is 0 Å². The summed E-state index contributed by atoms with van der Waals surface area (Å²) >= 11 is 1.06. The molecular weight excluding hydrogens is 487 g/mol. The van der Waals surface area contributed by atoms with Gasteiger partial charge in [0.25, 0.3) is 11.4 Å². The van der Waals surface area contributed by atoms with Crippen LogP contribution in [0.3, 0.4) is 0 Å². The Morgan fingerprint density at radius 2 is 1.09 bits per heavy atom. The van der Waals surface area contributed by atoms with Crippen LogP contribution in [-0.2, 0) is 21.0 Å². The summed E-state index contributed by atoms with van der Waals surface area (Å²) in [7, 11) is 0. The summed E-state index contributed by atoms with van der Waals surface area (Å²) in [6, 6.07) is 11.4. The number of rotatable bonds is 2. The Morgan fingerprint density at radius 3 is 1.38 bits per heavy atom. The van der Waals surface area contributed by atoms with Gasteiger partial charge in [-0.2, -0.15) is 0 Å². The molecule has 0 atom stereocenters. The Hall–Kier alpha value is -4.00. The van der Waals surface area contributed by atoms with Crippen molar-refractivity contribution in [1.82, 2.24) is 9.97 Å². The van der Waals surface area contributed by atoms with Crippen LogP contribution in [-0.4, -0.2) is 41.2 Å². The van der Waals surface area contributed by atoms with E-state index in [0.717, 1.165) is 17.4 Å². The number of aromatic nitrogens is 2. The Balaban J connectivity index is 0.000000277. The average molecular weight is 507 g/mol. The Bertz CT molecular complexity index is 1190.